The molecule has 98 valence electrons. The van der Waals surface area contributed by atoms with Gasteiger partial charge in [-0.3, -0.25) is 4.57 Å². The highest BCUT2D eigenvalue weighted by Gasteiger charge is 2.41. The highest BCUT2D eigenvalue weighted by Crippen LogP contribution is 2.34. The Bertz CT molecular complexity index is 531. The van der Waals surface area contributed by atoms with Crippen molar-refractivity contribution in [3.05, 3.63) is 34.7 Å². The second-order valence-electron chi connectivity index (χ2n) is 3.75. The standard InChI is InChI=1S/C10H11F2N3O3/c11-3-5-6(4-16)18-9(8(5)12)15-2-1-7(13)14-10(15)17/h1-3,6,8-9,16H,4H2,(H2,13,14,17). The summed E-state index contributed by atoms with van der Waals surface area (Å²) in [5.74, 6) is -0.00961. The van der Waals surface area contributed by atoms with Crippen molar-refractivity contribution in [2.24, 2.45) is 0 Å². The second kappa shape index (κ2) is 4.83. The van der Waals surface area contributed by atoms with Crippen molar-refractivity contribution in [3.8, 4) is 0 Å². The first-order chi connectivity index (χ1) is 8.58. The zero-order valence-corrected chi connectivity index (χ0v) is 9.16. The third-order valence-electron chi connectivity index (χ3n) is 2.66. The van der Waals surface area contributed by atoms with Crippen LogP contribution in [0.5, 0.6) is 0 Å². The number of aromatic nitrogens is 2. The molecule has 1 fully saturated rings. The number of aliphatic hydroxyl groups is 1. The van der Waals surface area contributed by atoms with Crippen LogP contribution in [0.4, 0.5) is 14.6 Å². The van der Waals surface area contributed by atoms with E-state index in [1.54, 1.807) is 0 Å². The molecule has 1 aliphatic heterocycles. The first kappa shape index (κ1) is 12.7. The third kappa shape index (κ3) is 2.00. The molecule has 2 heterocycles. The van der Waals surface area contributed by atoms with Gasteiger partial charge in [0.05, 0.1) is 12.9 Å². The Hall–Kier alpha value is -1.80. The molecule has 1 aromatic heterocycles. The number of hydrogen-bond donors (Lipinski definition) is 2. The molecule has 0 radical (unpaired) electrons. The Labute approximate surface area is 100 Å². The molecular formula is C10H11F2N3O3. The Kier molecular flexibility index (Phi) is 3.39. The number of nitrogens with zero attached hydrogens (tertiary/aromatic N) is 2. The second-order valence-corrected chi connectivity index (χ2v) is 3.75. The molecule has 6 nitrogen and oxygen atoms in total. The highest BCUT2D eigenvalue weighted by molar-refractivity contribution is 5.24. The molecule has 3 N–H and O–H groups in total. The minimum atomic E-state index is -1.87. The van der Waals surface area contributed by atoms with Gasteiger partial charge in [0.25, 0.3) is 0 Å². The van der Waals surface area contributed by atoms with E-state index < -0.39 is 30.8 Å². The normalized spacial score (nSPS) is 29.9. The lowest BCUT2D eigenvalue weighted by Crippen LogP contribution is -2.30. The van der Waals surface area contributed by atoms with Gasteiger partial charge < -0.3 is 15.6 Å². The lowest BCUT2D eigenvalue weighted by molar-refractivity contribution is -0.0375. The summed E-state index contributed by atoms with van der Waals surface area (Å²) in [4.78, 5) is 14.9. The lowest BCUT2D eigenvalue weighted by Gasteiger charge is -2.15. The number of nitrogen functional groups attached to an aromatic ring is 1. The first-order valence-corrected chi connectivity index (χ1v) is 5.13. The number of alkyl halides is 1. The molecule has 1 aromatic rings. The minimum Gasteiger partial charge on any atom is -0.393 e. The van der Waals surface area contributed by atoms with Crippen molar-refractivity contribution in [1.82, 2.24) is 9.55 Å². The molecule has 1 saturated heterocycles. The highest BCUT2D eigenvalue weighted by atomic mass is 19.1. The van der Waals surface area contributed by atoms with Gasteiger partial charge in [-0.2, -0.15) is 4.98 Å². The van der Waals surface area contributed by atoms with Crippen molar-refractivity contribution in [3.63, 3.8) is 0 Å². The molecule has 8 heteroatoms. The molecule has 0 saturated carbocycles. The van der Waals surface area contributed by atoms with Crippen molar-refractivity contribution in [1.29, 1.82) is 0 Å². The Morgan fingerprint density at radius 2 is 2.39 bits per heavy atom. The Morgan fingerprint density at radius 3 is 2.89 bits per heavy atom. The monoisotopic (exact) mass is 259 g/mol. The van der Waals surface area contributed by atoms with Crippen LogP contribution >= 0.6 is 0 Å². The van der Waals surface area contributed by atoms with Crippen molar-refractivity contribution < 1.29 is 18.6 Å². The molecule has 0 aliphatic carbocycles. The predicted molar refractivity (Wildman–Crippen MR) is 58.0 cm³/mol. The number of aliphatic hydroxyl groups excluding tert-OH is 1. The van der Waals surface area contributed by atoms with Crippen molar-refractivity contribution in [2.75, 3.05) is 12.3 Å². The third-order valence-corrected chi connectivity index (χ3v) is 2.66. The predicted octanol–water partition coefficient (Wildman–Crippen LogP) is -0.0933. The number of halogens is 2. The van der Waals surface area contributed by atoms with E-state index in [2.05, 4.69) is 4.98 Å². The van der Waals surface area contributed by atoms with Crippen LogP contribution in [0.25, 0.3) is 0 Å². The summed E-state index contributed by atoms with van der Waals surface area (Å²) in [5, 5.41) is 8.94. The maximum absolute atomic E-state index is 13.9. The van der Waals surface area contributed by atoms with Crippen LogP contribution in [0, 0.1) is 0 Å². The fourth-order valence-corrected chi connectivity index (χ4v) is 1.76. The van der Waals surface area contributed by atoms with Crippen LogP contribution in [-0.2, 0) is 4.74 Å². The molecule has 1 aliphatic rings. The van der Waals surface area contributed by atoms with Gasteiger partial charge in [-0.15, -0.1) is 0 Å². The summed E-state index contributed by atoms with van der Waals surface area (Å²) in [6.45, 7) is -0.580. The number of hydrogen-bond acceptors (Lipinski definition) is 5. The van der Waals surface area contributed by atoms with E-state index in [0.717, 1.165) is 4.57 Å². The quantitative estimate of drug-likeness (QED) is 0.774. The van der Waals surface area contributed by atoms with Crippen molar-refractivity contribution in [2.45, 2.75) is 18.5 Å². The number of nitrogens with two attached hydrogens (primary N) is 1. The summed E-state index contributed by atoms with van der Waals surface area (Å²) in [6, 6.07) is 1.29. The van der Waals surface area contributed by atoms with Gasteiger partial charge in [0, 0.05) is 11.8 Å². The largest absolute Gasteiger partial charge is 0.393 e. The summed E-state index contributed by atoms with van der Waals surface area (Å²) < 4.78 is 32.4. The lowest BCUT2D eigenvalue weighted by atomic mass is 10.1. The minimum absolute atomic E-state index is 0.00961. The molecule has 18 heavy (non-hydrogen) atoms. The molecule has 0 spiro atoms. The summed E-state index contributed by atoms with van der Waals surface area (Å²) in [5.41, 5.74) is 4.15. The van der Waals surface area contributed by atoms with Gasteiger partial charge in [-0.25, -0.2) is 13.6 Å². The molecule has 0 amide bonds. The number of anilines is 1. The zero-order valence-electron chi connectivity index (χ0n) is 9.16. The molecule has 2 rings (SSSR count). The van der Waals surface area contributed by atoms with Gasteiger partial charge in [-0.1, -0.05) is 0 Å². The van der Waals surface area contributed by atoms with Crippen molar-refractivity contribution >= 4 is 5.82 Å². The van der Waals surface area contributed by atoms with Crippen LogP contribution in [-0.4, -0.2) is 33.5 Å². The average Bonchev–Trinajstić information content (AvgIpc) is 2.66. The van der Waals surface area contributed by atoms with Gasteiger partial charge >= 0.3 is 5.69 Å². The fraction of sp³-hybridized carbons (Fsp3) is 0.400. The van der Waals surface area contributed by atoms with Gasteiger partial charge in [0.1, 0.15) is 11.9 Å². The topological polar surface area (TPSA) is 90.4 Å². The molecule has 3 atom stereocenters. The Morgan fingerprint density at radius 1 is 1.67 bits per heavy atom. The van der Waals surface area contributed by atoms with E-state index in [1.807, 2.05) is 0 Å². The van der Waals surface area contributed by atoms with Gasteiger partial charge in [-0.05, 0) is 6.07 Å². The van der Waals surface area contributed by atoms with Crippen LogP contribution in [0.2, 0.25) is 0 Å². The molecule has 0 bridgehead atoms. The smallest absolute Gasteiger partial charge is 0.351 e. The first-order valence-electron chi connectivity index (χ1n) is 5.13. The zero-order chi connectivity index (χ0) is 13.3. The van der Waals surface area contributed by atoms with E-state index in [4.69, 9.17) is 15.6 Å². The maximum Gasteiger partial charge on any atom is 0.351 e. The SMILES string of the molecule is Nc1ccn(C2OC(CO)C(=CF)C2F)c(=O)n1. The van der Waals surface area contributed by atoms with E-state index in [1.165, 1.54) is 12.3 Å². The van der Waals surface area contributed by atoms with E-state index >= 15 is 0 Å². The average molecular weight is 259 g/mol. The number of rotatable bonds is 2. The van der Waals surface area contributed by atoms with Crippen LogP contribution < -0.4 is 11.4 Å². The number of ether oxygens (including phenoxy) is 1. The van der Waals surface area contributed by atoms with E-state index in [-0.39, 0.29) is 17.7 Å². The van der Waals surface area contributed by atoms with E-state index in [9.17, 15) is 13.6 Å². The van der Waals surface area contributed by atoms with Gasteiger partial charge in [0.15, 0.2) is 12.4 Å². The molecule has 3 unspecified atom stereocenters. The van der Waals surface area contributed by atoms with Gasteiger partial charge in [0.2, 0.25) is 0 Å². The summed E-state index contributed by atoms with van der Waals surface area (Å²) in [7, 11) is 0. The fourth-order valence-electron chi connectivity index (χ4n) is 1.76. The van der Waals surface area contributed by atoms with E-state index in [0.29, 0.717) is 0 Å². The summed E-state index contributed by atoms with van der Waals surface area (Å²) >= 11 is 0. The molecular weight excluding hydrogens is 248 g/mol. The summed E-state index contributed by atoms with van der Waals surface area (Å²) in [6.07, 6.45) is -3.08. The van der Waals surface area contributed by atoms with Crippen LogP contribution in [0.3, 0.4) is 0 Å². The Balaban J connectivity index is 2.38. The van der Waals surface area contributed by atoms with Crippen LogP contribution in [0.15, 0.2) is 29.0 Å². The van der Waals surface area contributed by atoms with Crippen LogP contribution in [0.1, 0.15) is 6.23 Å². The maximum atomic E-state index is 13.9. The molecule has 0 aromatic carbocycles.